The Hall–Kier alpha value is -3.01. The minimum Gasteiger partial charge on any atom is -0.444 e. The molecule has 2 N–H and O–H groups in total. The first-order valence-electron chi connectivity index (χ1n) is 12.2. The zero-order chi connectivity index (χ0) is 24.9. The molecule has 0 saturated heterocycles. The molecule has 0 radical (unpaired) electrons. The molecule has 34 heavy (non-hydrogen) atoms. The van der Waals surface area contributed by atoms with Crippen molar-refractivity contribution in [3.63, 3.8) is 0 Å². The third-order valence-electron chi connectivity index (χ3n) is 6.37. The molecule has 0 bridgehead atoms. The largest absolute Gasteiger partial charge is 0.444 e. The van der Waals surface area contributed by atoms with Crippen LogP contribution in [0, 0.1) is 18.3 Å². The van der Waals surface area contributed by atoms with Crippen LogP contribution in [0.3, 0.4) is 0 Å². The Morgan fingerprint density at radius 1 is 1.15 bits per heavy atom. The zero-order valence-corrected chi connectivity index (χ0v) is 20.7. The summed E-state index contributed by atoms with van der Waals surface area (Å²) >= 11 is 0. The summed E-state index contributed by atoms with van der Waals surface area (Å²) in [4.78, 5) is 40.8. The lowest BCUT2D eigenvalue weighted by Gasteiger charge is -2.34. The molecule has 3 amide bonds. The zero-order valence-electron chi connectivity index (χ0n) is 20.7. The van der Waals surface area contributed by atoms with Crippen LogP contribution in [-0.4, -0.2) is 47.0 Å². The molecule has 7 heteroatoms. The van der Waals surface area contributed by atoms with Gasteiger partial charge in [-0.15, -0.1) is 6.42 Å². The van der Waals surface area contributed by atoms with Crippen LogP contribution in [0.25, 0.3) is 0 Å². The van der Waals surface area contributed by atoms with Gasteiger partial charge in [0.2, 0.25) is 11.8 Å². The Morgan fingerprint density at radius 2 is 1.76 bits per heavy atom. The monoisotopic (exact) mass is 467 g/mol. The molecular weight excluding hydrogens is 430 g/mol. The molecule has 3 atom stereocenters. The Morgan fingerprint density at radius 3 is 2.29 bits per heavy atom. The number of nitrogens with one attached hydrogen (secondary N) is 2. The first kappa shape index (κ1) is 25.6. The number of benzene rings is 1. The molecule has 1 aromatic rings. The van der Waals surface area contributed by atoms with Gasteiger partial charge in [0.05, 0.1) is 0 Å². The van der Waals surface area contributed by atoms with Crippen LogP contribution in [0.1, 0.15) is 83.4 Å². The van der Waals surface area contributed by atoms with Crippen molar-refractivity contribution in [1.82, 2.24) is 15.5 Å². The number of hydrogen-bond acceptors (Lipinski definition) is 4. The first-order valence-corrected chi connectivity index (χ1v) is 12.2. The second-order valence-corrected chi connectivity index (χ2v) is 10.4. The second kappa shape index (κ2) is 10.9. The highest BCUT2D eigenvalue weighted by Crippen LogP contribution is 2.40. The fraction of sp³-hybridized carbons (Fsp3) is 0.593. The van der Waals surface area contributed by atoms with E-state index in [9.17, 15) is 14.4 Å². The fourth-order valence-electron chi connectivity index (χ4n) is 4.49. The van der Waals surface area contributed by atoms with Crippen LogP contribution in [0.4, 0.5) is 4.79 Å². The summed E-state index contributed by atoms with van der Waals surface area (Å²) < 4.78 is 5.26. The van der Waals surface area contributed by atoms with Gasteiger partial charge < -0.3 is 20.3 Å². The Bertz CT molecular complexity index is 923. The van der Waals surface area contributed by atoms with E-state index in [1.165, 1.54) is 6.42 Å². The number of alkyl carbamates (subject to hydrolysis) is 1. The lowest BCUT2D eigenvalue weighted by molar-refractivity contribution is -0.141. The van der Waals surface area contributed by atoms with Crippen molar-refractivity contribution in [3.8, 4) is 12.3 Å². The van der Waals surface area contributed by atoms with Crippen molar-refractivity contribution >= 4 is 17.9 Å². The average Bonchev–Trinajstić information content (AvgIpc) is 3.51. The topological polar surface area (TPSA) is 87.7 Å². The van der Waals surface area contributed by atoms with Gasteiger partial charge >= 0.3 is 6.09 Å². The summed E-state index contributed by atoms with van der Waals surface area (Å²) in [7, 11) is 0. The molecule has 3 unspecified atom stereocenters. The van der Waals surface area contributed by atoms with E-state index in [4.69, 9.17) is 11.2 Å². The molecule has 0 aromatic heterocycles. The summed E-state index contributed by atoms with van der Waals surface area (Å²) in [5.74, 6) is 2.36. The lowest BCUT2D eigenvalue weighted by Crippen LogP contribution is -2.50. The van der Waals surface area contributed by atoms with E-state index in [0.717, 1.165) is 32.1 Å². The van der Waals surface area contributed by atoms with E-state index in [1.54, 1.807) is 37.8 Å². The van der Waals surface area contributed by atoms with Crippen molar-refractivity contribution in [3.05, 3.63) is 35.4 Å². The van der Waals surface area contributed by atoms with Gasteiger partial charge in [0, 0.05) is 17.6 Å². The maximum Gasteiger partial charge on any atom is 0.408 e. The lowest BCUT2D eigenvalue weighted by atomic mass is 9.94. The van der Waals surface area contributed by atoms with Crippen LogP contribution in [-0.2, 0) is 14.3 Å². The van der Waals surface area contributed by atoms with Gasteiger partial charge in [-0.05, 0) is 63.6 Å². The maximum absolute atomic E-state index is 13.6. The summed E-state index contributed by atoms with van der Waals surface area (Å²) in [6.45, 7) is 7.10. The standard InChI is InChI=1S/C27H37N3O4/c1-6-19-12-14-20(15-13-19)24(25(32)29-21-10-8-7-9-11-21)30(22-16-18(22)2)23(31)17-28-26(33)34-27(3,4)5/h1,12-15,18,21-22,24H,7-11,16-17H2,2-5H3,(H,28,33)(H,29,32). The van der Waals surface area contributed by atoms with Crippen LogP contribution in [0.2, 0.25) is 0 Å². The van der Waals surface area contributed by atoms with Crippen molar-refractivity contribution in [2.75, 3.05) is 6.54 Å². The number of carbonyl (C=O) groups is 3. The molecule has 0 heterocycles. The predicted molar refractivity (Wildman–Crippen MR) is 131 cm³/mol. The quantitative estimate of drug-likeness (QED) is 0.595. The fourth-order valence-corrected chi connectivity index (χ4v) is 4.49. The minimum absolute atomic E-state index is 0.0673. The number of terminal acetylenes is 1. The summed E-state index contributed by atoms with van der Waals surface area (Å²) in [6, 6.07) is 6.45. The van der Waals surface area contributed by atoms with Gasteiger partial charge in [0.1, 0.15) is 18.2 Å². The highest BCUT2D eigenvalue weighted by molar-refractivity contribution is 5.91. The van der Waals surface area contributed by atoms with Gasteiger partial charge in [-0.1, -0.05) is 44.2 Å². The van der Waals surface area contributed by atoms with E-state index in [2.05, 4.69) is 23.5 Å². The summed E-state index contributed by atoms with van der Waals surface area (Å²) in [5.41, 5.74) is 0.746. The predicted octanol–water partition coefficient (Wildman–Crippen LogP) is 3.92. The number of amides is 3. The van der Waals surface area contributed by atoms with Crippen LogP contribution >= 0.6 is 0 Å². The number of hydrogen-bond donors (Lipinski definition) is 2. The Balaban J connectivity index is 1.84. The molecule has 3 rings (SSSR count). The molecule has 184 valence electrons. The molecule has 2 aliphatic rings. The molecule has 0 aliphatic heterocycles. The molecule has 7 nitrogen and oxygen atoms in total. The van der Waals surface area contributed by atoms with Crippen LogP contribution in [0.5, 0.6) is 0 Å². The SMILES string of the molecule is C#Cc1ccc(C(C(=O)NC2CCCCC2)N(C(=O)CNC(=O)OC(C)(C)C)C2CC2C)cc1. The van der Waals surface area contributed by atoms with E-state index in [-0.39, 0.29) is 36.4 Å². The first-order chi connectivity index (χ1) is 16.1. The molecular formula is C27H37N3O4. The molecule has 1 aromatic carbocycles. The normalized spacial score (nSPS) is 21.0. The maximum atomic E-state index is 13.6. The molecule has 2 saturated carbocycles. The number of carbonyl (C=O) groups excluding carboxylic acids is 3. The summed E-state index contributed by atoms with van der Waals surface area (Å²) in [6.07, 6.45) is 10.9. The Kier molecular flexibility index (Phi) is 8.24. The van der Waals surface area contributed by atoms with E-state index < -0.39 is 17.7 Å². The van der Waals surface area contributed by atoms with Crippen molar-refractivity contribution in [2.24, 2.45) is 5.92 Å². The van der Waals surface area contributed by atoms with E-state index >= 15 is 0 Å². The van der Waals surface area contributed by atoms with Crippen LogP contribution in [0.15, 0.2) is 24.3 Å². The van der Waals surface area contributed by atoms with Gasteiger partial charge in [-0.3, -0.25) is 9.59 Å². The average molecular weight is 468 g/mol. The summed E-state index contributed by atoms with van der Waals surface area (Å²) in [5, 5.41) is 5.74. The third-order valence-corrected chi connectivity index (χ3v) is 6.37. The number of ether oxygens (including phenoxy) is 1. The van der Waals surface area contributed by atoms with E-state index in [1.807, 2.05) is 12.1 Å². The second-order valence-electron chi connectivity index (χ2n) is 10.4. The highest BCUT2D eigenvalue weighted by atomic mass is 16.6. The van der Waals surface area contributed by atoms with Gasteiger partial charge in [-0.25, -0.2) is 4.79 Å². The molecule has 2 fully saturated rings. The highest BCUT2D eigenvalue weighted by Gasteiger charge is 2.46. The van der Waals surface area contributed by atoms with Gasteiger partial charge in [0.15, 0.2) is 0 Å². The molecule has 2 aliphatic carbocycles. The molecule has 0 spiro atoms. The van der Waals surface area contributed by atoms with Crippen LogP contribution < -0.4 is 10.6 Å². The van der Waals surface area contributed by atoms with Crippen molar-refractivity contribution in [2.45, 2.75) is 89.9 Å². The third kappa shape index (κ3) is 6.99. The van der Waals surface area contributed by atoms with Crippen molar-refractivity contribution < 1.29 is 19.1 Å². The van der Waals surface area contributed by atoms with Gasteiger partial charge in [-0.2, -0.15) is 0 Å². The Labute approximate surface area is 203 Å². The number of nitrogens with zero attached hydrogens (tertiary/aromatic N) is 1. The number of rotatable bonds is 7. The van der Waals surface area contributed by atoms with Crippen molar-refractivity contribution in [1.29, 1.82) is 0 Å². The van der Waals surface area contributed by atoms with E-state index in [0.29, 0.717) is 11.1 Å². The van der Waals surface area contributed by atoms with Gasteiger partial charge in [0.25, 0.3) is 0 Å². The minimum atomic E-state index is -0.795. The smallest absolute Gasteiger partial charge is 0.408 e.